The summed E-state index contributed by atoms with van der Waals surface area (Å²) >= 11 is 0. The van der Waals surface area contributed by atoms with E-state index in [9.17, 15) is 4.79 Å². The van der Waals surface area contributed by atoms with Crippen LogP contribution in [0.5, 0.6) is 5.75 Å². The summed E-state index contributed by atoms with van der Waals surface area (Å²) in [5.74, 6) is 0.397. The van der Waals surface area contributed by atoms with Crippen LogP contribution in [0.2, 0.25) is 0 Å². The monoisotopic (exact) mass is 244 g/mol. The molecule has 1 N–H and O–H groups in total. The van der Waals surface area contributed by atoms with Crippen LogP contribution in [0, 0.1) is 11.3 Å². The van der Waals surface area contributed by atoms with E-state index in [0.717, 1.165) is 6.42 Å². The average molecular weight is 244 g/mol. The zero-order valence-corrected chi connectivity index (χ0v) is 10.3. The lowest BCUT2D eigenvalue weighted by molar-refractivity contribution is -0.123. The number of nitrogens with zero attached hydrogens (tertiary/aromatic N) is 1. The molecule has 0 fully saturated rings. The number of carbonyl (C=O) groups excluding carboxylic acids is 1. The summed E-state index contributed by atoms with van der Waals surface area (Å²) in [7, 11) is 0. The number of hydrogen-bond donors (Lipinski definition) is 1. The van der Waals surface area contributed by atoms with Crippen LogP contribution in [0.25, 0.3) is 0 Å². The number of nitrogens with one attached hydrogen (secondary N) is 1. The second-order valence-electron chi connectivity index (χ2n) is 3.92. The van der Waals surface area contributed by atoms with Crippen LogP contribution in [0.1, 0.15) is 18.9 Å². The fraction of sp³-hybridized carbons (Fsp3) is 0.286. The van der Waals surface area contributed by atoms with Gasteiger partial charge in [-0.15, -0.1) is 6.58 Å². The lowest BCUT2D eigenvalue weighted by atomic mass is 10.2. The first-order chi connectivity index (χ1) is 8.65. The Bertz CT molecular complexity index is 446. The molecule has 1 aromatic rings. The van der Waals surface area contributed by atoms with Crippen molar-refractivity contribution >= 4 is 5.91 Å². The van der Waals surface area contributed by atoms with Gasteiger partial charge in [-0.25, -0.2) is 0 Å². The highest BCUT2D eigenvalue weighted by atomic mass is 16.5. The third kappa shape index (κ3) is 4.71. The quantitative estimate of drug-likeness (QED) is 0.779. The number of benzene rings is 1. The van der Waals surface area contributed by atoms with Gasteiger partial charge >= 0.3 is 0 Å². The van der Waals surface area contributed by atoms with Crippen molar-refractivity contribution in [1.29, 1.82) is 5.26 Å². The topological polar surface area (TPSA) is 62.1 Å². The molecule has 18 heavy (non-hydrogen) atoms. The summed E-state index contributed by atoms with van der Waals surface area (Å²) in [4.78, 5) is 11.5. The molecule has 0 saturated heterocycles. The first kappa shape index (κ1) is 13.8. The zero-order chi connectivity index (χ0) is 13.4. The lowest BCUT2D eigenvalue weighted by Gasteiger charge is -2.12. The van der Waals surface area contributed by atoms with Crippen molar-refractivity contribution in [2.24, 2.45) is 0 Å². The van der Waals surface area contributed by atoms with Crippen LogP contribution in [0.3, 0.4) is 0 Å². The van der Waals surface area contributed by atoms with Gasteiger partial charge in [0, 0.05) is 6.04 Å². The molecule has 0 radical (unpaired) electrons. The molecule has 4 nitrogen and oxygen atoms in total. The van der Waals surface area contributed by atoms with Crippen LogP contribution in [-0.2, 0) is 4.79 Å². The Morgan fingerprint density at radius 1 is 1.56 bits per heavy atom. The smallest absolute Gasteiger partial charge is 0.258 e. The van der Waals surface area contributed by atoms with Gasteiger partial charge in [0.1, 0.15) is 5.75 Å². The van der Waals surface area contributed by atoms with E-state index in [1.807, 2.05) is 13.0 Å². The fourth-order valence-corrected chi connectivity index (χ4v) is 1.40. The summed E-state index contributed by atoms with van der Waals surface area (Å²) in [5.41, 5.74) is 0.561. The van der Waals surface area contributed by atoms with Crippen LogP contribution < -0.4 is 10.1 Å². The molecule has 0 saturated carbocycles. The molecule has 1 atom stereocenters. The predicted molar refractivity (Wildman–Crippen MR) is 69.1 cm³/mol. The van der Waals surface area contributed by atoms with Crippen molar-refractivity contribution < 1.29 is 9.53 Å². The molecule has 1 rings (SSSR count). The van der Waals surface area contributed by atoms with E-state index in [-0.39, 0.29) is 18.6 Å². The van der Waals surface area contributed by atoms with Gasteiger partial charge in [-0.2, -0.15) is 5.26 Å². The van der Waals surface area contributed by atoms with Gasteiger partial charge in [0.15, 0.2) is 6.61 Å². The molecule has 1 aromatic carbocycles. The molecule has 0 aliphatic heterocycles. The summed E-state index contributed by atoms with van der Waals surface area (Å²) in [6.07, 6.45) is 2.48. The van der Waals surface area contributed by atoms with Gasteiger partial charge in [-0.05, 0) is 37.6 Å². The van der Waals surface area contributed by atoms with E-state index >= 15 is 0 Å². The predicted octanol–water partition coefficient (Wildman–Crippen LogP) is 2.02. The second-order valence-corrected chi connectivity index (χ2v) is 3.92. The van der Waals surface area contributed by atoms with Crippen molar-refractivity contribution in [3.63, 3.8) is 0 Å². The van der Waals surface area contributed by atoms with Gasteiger partial charge < -0.3 is 10.1 Å². The van der Waals surface area contributed by atoms with E-state index in [1.54, 1.807) is 30.3 Å². The van der Waals surface area contributed by atoms with Gasteiger partial charge in [0.25, 0.3) is 5.91 Å². The maximum Gasteiger partial charge on any atom is 0.258 e. The Morgan fingerprint density at radius 2 is 2.22 bits per heavy atom. The van der Waals surface area contributed by atoms with Crippen molar-refractivity contribution in [3.05, 3.63) is 42.5 Å². The molecule has 0 spiro atoms. The van der Waals surface area contributed by atoms with Crippen LogP contribution in [0.4, 0.5) is 0 Å². The highest BCUT2D eigenvalue weighted by molar-refractivity contribution is 5.77. The Balaban J connectivity index is 2.38. The summed E-state index contributed by atoms with van der Waals surface area (Å²) in [5, 5.41) is 11.4. The SMILES string of the molecule is C=CCC(C)NC(=O)COc1ccc(C#N)cc1. The minimum absolute atomic E-state index is 0.0343. The third-order valence-electron chi connectivity index (χ3n) is 2.28. The maximum absolute atomic E-state index is 11.5. The van der Waals surface area contributed by atoms with Gasteiger partial charge in [0.2, 0.25) is 0 Å². The molecular formula is C14H16N2O2. The number of hydrogen-bond acceptors (Lipinski definition) is 3. The van der Waals surface area contributed by atoms with Gasteiger partial charge in [0.05, 0.1) is 11.6 Å². The Kier molecular flexibility index (Phi) is 5.46. The first-order valence-corrected chi connectivity index (χ1v) is 5.69. The molecule has 0 aromatic heterocycles. The number of rotatable bonds is 6. The fourth-order valence-electron chi connectivity index (χ4n) is 1.40. The molecule has 0 heterocycles. The second kappa shape index (κ2) is 7.13. The summed E-state index contributed by atoms with van der Waals surface area (Å²) < 4.78 is 5.30. The number of nitriles is 1. The van der Waals surface area contributed by atoms with Crippen molar-refractivity contribution in [2.75, 3.05) is 6.61 Å². The summed E-state index contributed by atoms with van der Waals surface area (Å²) in [6.45, 7) is 5.48. The summed E-state index contributed by atoms with van der Waals surface area (Å²) in [6, 6.07) is 8.69. The number of carbonyl (C=O) groups is 1. The minimum Gasteiger partial charge on any atom is -0.484 e. The molecule has 0 aliphatic rings. The van der Waals surface area contributed by atoms with Crippen molar-refractivity contribution in [1.82, 2.24) is 5.32 Å². The molecule has 0 bridgehead atoms. The van der Waals surface area contributed by atoms with Gasteiger partial charge in [-0.3, -0.25) is 4.79 Å². The van der Waals surface area contributed by atoms with E-state index < -0.39 is 0 Å². The van der Waals surface area contributed by atoms with E-state index in [2.05, 4.69) is 11.9 Å². The Labute approximate surface area is 107 Å². The van der Waals surface area contributed by atoms with E-state index in [1.165, 1.54) is 0 Å². The highest BCUT2D eigenvalue weighted by Crippen LogP contribution is 2.11. The lowest BCUT2D eigenvalue weighted by Crippen LogP contribution is -2.35. The minimum atomic E-state index is -0.172. The normalized spacial score (nSPS) is 11.1. The number of ether oxygens (including phenoxy) is 1. The molecule has 0 aliphatic carbocycles. The van der Waals surface area contributed by atoms with Crippen LogP contribution in [-0.4, -0.2) is 18.6 Å². The first-order valence-electron chi connectivity index (χ1n) is 5.69. The van der Waals surface area contributed by atoms with Crippen molar-refractivity contribution in [3.8, 4) is 11.8 Å². The van der Waals surface area contributed by atoms with Gasteiger partial charge in [-0.1, -0.05) is 6.08 Å². The highest BCUT2D eigenvalue weighted by Gasteiger charge is 2.06. The molecule has 4 heteroatoms. The molecule has 94 valence electrons. The largest absolute Gasteiger partial charge is 0.484 e. The number of amides is 1. The van der Waals surface area contributed by atoms with Crippen LogP contribution >= 0.6 is 0 Å². The molecule has 1 unspecified atom stereocenters. The average Bonchev–Trinajstić information content (AvgIpc) is 2.37. The Hall–Kier alpha value is -2.28. The van der Waals surface area contributed by atoms with Crippen LogP contribution in [0.15, 0.2) is 36.9 Å². The third-order valence-corrected chi connectivity index (χ3v) is 2.28. The molecular weight excluding hydrogens is 228 g/mol. The zero-order valence-electron chi connectivity index (χ0n) is 10.3. The van der Waals surface area contributed by atoms with Crippen molar-refractivity contribution in [2.45, 2.75) is 19.4 Å². The van der Waals surface area contributed by atoms with E-state index in [0.29, 0.717) is 11.3 Å². The van der Waals surface area contributed by atoms with E-state index in [4.69, 9.17) is 10.00 Å². The molecule has 1 amide bonds. The Morgan fingerprint density at radius 3 is 2.78 bits per heavy atom. The standard InChI is InChI=1S/C14H16N2O2/c1-3-4-11(2)16-14(17)10-18-13-7-5-12(9-15)6-8-13/h3,5-8,11H,1,4,10H2,2H3,(H,16,17). The maximum atomic E-state index is 11.5.